The van der Waals surface area contributed by atoms with Crippen LogP contribution in [0.3, 0.4) is 0 Å². The number of carbonyl (C=O) groups is 4. The number of nitrogens with one attached hydrogen (secondary N) is 4. The Morgan fingerprint density at radius 3 is 0.937 bits per heavy atom. The third-order valence-corrected chi connectivity index (χ3v) is 23.5. The average molecular weight is 1710 g/mol. The van der Waals surface area contributed by atoms with Gasteiger partial charge in [-0.25, -0.2) is 4.39 Å². The number of rotatable bonds is 24. The first-order valence-electron chi connectivity index (χ1n) is 44.2. The fourth-order valence-electron chi connectivity index (χ4n) is 16.3. The van der Waals surface area contributed by atoms with Gasteiger partial charge in [-0.3, -0.25) is 39.1 Å². The highest BCUT2D eigenvalue weighted by atomic mass is 19.1. The molecule has 8 aromatic carbocycles. The summed E-state index contributed by atoms with van der Waals surface area (Å²) in [6.07, 6.45) is 8.38. The number of aryl methyl sites for hydroxylation is 6. The van der Waals surface area contributed by atoms with Crippen LogP contribution in [0.15, 0.2) is 249 Å². The molecule has 0 aliphatic carbocycles. The molecule has 4 atom stereocenters. The molecule has 4 aromatic heterocycles. The molecule has 4 fully saturated rings. The van der Waals surface area contributed by atoms with E-state index in [9.17, 15) is 23.6 Å². The molecule has 4 saturated heterocycles. The fraction of sp³-hybridized carbons (Fsp3) is 0.321. The van der Waals surface area contributed by atoms with Gasteiger partial charge in [-0.1, -0.05) is 157 Å². The summed E-state index contributed by atoms with van der Waals surface area (Å²) in [5.74, 6) is -0.574. The smallest absolute Gasteiger partial charge is 0.226 e. The van der Waals surface area contributed by atoms with Gasteiger partial charge in [-0.15, -0.1) is 0 Å². The van der Waals surface area contributed by atoms with E-state index in [1.807, 2.05) is 110 Å². The van der Waals surface area contributed by atoms with Crippen molar-refractivity contribution in [3.8, 4) is 44.5 Å². The van der Waals surface area contributed by atoms with Crippen LogP contribution in [-0.4, -0.2) is 147 Å². The lowest BCUT2D eigenvalue weighted by Gasteiger charge is -2.35. The number of hydrogen-bond acceptors (Lipinski definition) is 16. The van der Waals surface area contributed by atoms with E-state index in [0.717, 1.165) is 157 Å². The molecular weight excluding hydrogens is 1590 g/mol. The largest absolute Gasteiger partial charge is 0.377 e. The van der Waals surface area contributed by atoms with Crippen molar-refractivity contribution in [1.29, 1.82) is 0 Å². The van der Waals surface area contributed by atoms with Gasteiger partial charge >= 0.3 is 0 Å². The third-order valence-electron chi connectivity index (χ3n) is 23.5. The van der Waals surface area contributed by atoms with Gasteiger partial charge in [0, 0.05) is 175 Å². The topological polar surface area (TPSA) is 218 Å². The molecule has 20 nitrogen and oxygen atoms in total. The number of amides is 4. The van der Waals surface area contributed by atoms with Gasteiger partial charge in [0.1, 0.15) is 5.82 Å². The van der Waals surface area contributed by atoms with Gasteiger partial charge in [-0.2, -0.15) is 0 Å². The molecule has 4 aliphatic heterocycles. The standard InChI is InChI=1S/2C27H31N3O2.C26H28FN3O2.C26H29N3O2/c1-19-4-6-22(7-5-19)16-29-27(31)15-24-9-8-23(17-28-24)26-11-10-25(14-20(26)2)30-12-13-32-18-21(30)3;1-19-5-4-6-22(13-19)16-29-27(31)15-24-8-7-23(17-28-24)26-10-9-25(14-20(26)2)30-11-12-32-18-21(30)3;1-18-13-23(30-11-12-32-17-19(30)2)9-10-24(18)20-7-8-22(28-15-20)14-26(31)29-16-21-5-3-4-6-25(21)27;1-19-14-24(29-12-13-31-18-20(29)2)10-11-25(19)22-8-9-23(27-17-22)15-26(30)28-16-21-6-4-3-5-7-21/h4-11,14,17,21H,12-13,15-16,18H2,1-3H3,(H,29,31);4-10,13-14,17,21H,11-12,15-16,18H2,1-3H3,(H,29,31);3-10,13,15,19H,11-12,14,16-17H2,1-2H3,(H,29,31);3-11,14,17,20H,12-13,15-16,18H2,1-2H3,(H,28,30)/t2*21-;19-;20-/m0000/s1. The second-order valence-electron chi connectivity index (χ2n) is 33.5. The van der Waals surface area contributed by atoms with Crippen molar-refractivity contribution in [2.45, 2.75) is 145 Å². The van der Waals surface area contributed by atoms with E-state index >= 15 is 0 Å². The van der Waals surface area contributed by atoms with Crippen LogP contribution in [0.1, 0.15) is 106 Å². The number of hydrogen-bond donors (Lipinski definition) is 4. The SMILES string of the molecule is Cc1cc(N2CCOC[C@@H]2C)ccc1-c1ccc(CC(=O)NCc2ccccc2)nc1.Cc1cc(N2CCOC[C@@H]2C)ccc1-c1ccc(CC(=O)NCc2ccccc2F)nc1.Cc1ccc(CNC(=O)Cc2ccc(-c3ccc(N4CCOC[C@@H]4C)cc3C)cn2)cc1.Cc1cccc(CNC(=O)Cc2ccc(-c3ccc(N4CCOC[C@@H]4C)cc3C)cn2)c1. The second-order valence-corrected chi connectivity index (χ2v) is 33.5. The zero-order chi connectivity index (χ0) is 89.1. The Labute approximate surface area is 747 Å². The predicted octanol–water partition coefficient (Wildman–Crippen LogP) is 17.3. The van der Waals surface area contributed by atoms with Crippen molar-refractivity contribution in [2.75, 3.05) is 98.6 Å². The quantitative estimate of drug-likeness (QED) is 0.0442. The Bertz CT molecular complexity index is 5630. The Kier molecular flexibility index (Phi) is 32.8. The molecule has 12 aromatic rings. The van der Waals surface area contributed by atoms with E-state index in [1.54, 1.807) is 24.4 Å². The summed E-state index contributed by atoms with van der Waals surface area (Å²) in [6, 6.07) is 76.3. The normalized spacial score (nSPS) is 16.1. The number of benzene rings is 8. The molecule has 0 saturated carbocycles. The van der Waals surface area contributed by atoms with Gasteiger partial charge < -0.3 is 59.8 Å². The maximum Gasteiger partial charge on any atom is 0.226 e. The summed E-state index contributed by atoms with van der Waals surface area (Å²) in [5, 5.41) is 11.7. The summed E-state index contributed by atoms with van der Waals surface area (Å²) >= 11 is 0. The molecule has 658 valence electrons. The molecule has 4 amide bonds. The molecule has 8 heterocycles. The molecule has 127 heavy (non-hydrogen) atoms. The monoisotopic (exact) mass is 1710 g/mol. The molecule has 0 radical (unpaired) electrons. The van der Waals surface area contributed by atoms with Gasteiger partial charge in [0.05, 0.1) is 78.5 Å². The van der Waals surface area contributed by atoms with Crippen LogP contribution < -0.4 is 40.9 Å². The van der Waals surface area contributed by atoms with E-state index in [1.165, 1.54) is 62.2 Å². The summed E-state index contributed by atoms with van der Waals surface area (Å²) in [6.45, 7) is 32.9. The lowest BCUT2D eigenvalue weighted by atomic mass is 10.00. The van der Waals surface area contributed by atoms with Crippen molar-refractivity contribution in [3.05, 3.63) is 333 Å². The van der Waals surface area contributed by atoms with E-state index in [4.69, 9.17) is 18.9 Å². The maximum absolute atomic E-state index is 13.7. The highest BCUT2D eigenvalue weighted by Crippen LogP contribution is 2.34. The Balaban J connectivity index is 0.000000145. The minimum absolute atomic E-state index is 0.0214. The molecule has 16 rings (SSSR count). The summed E-state index contributed by atoms with van der Waals surface area (Å²) in [4.78, 5) is 76.8. The molecule has 0 bridgehead atoms. The lowest BCUT2D eigenvalue weighted by molar-refractivity contribution is -0.121. The minimum Gasteiger partial charge on any atom is -0.377 e. The van der Waals surface area contributed by atoms with Crippen LogP contribution in [-0.2, 0) is 90.0 Å². The first-order chi connectivity index (χ1) is 61.6. The zero-order valence-corrected chi connectivity index (χ0v) is 74.8. The molecule has 0 spiro atoms. The van der Waals surface area contributed by atoms with Crippen LogP contribution in [0.2, 0.25) is 0 Å². The highest BCUT2D eigenvalue weighted by Gasteiger charge is 2.25. The maximum atomic E-state index is 13.7. The number of pyridine rings is 4. The Hall–Kier alpha value is -12.8. The highest BCUT2D eigenvalue weighted by molar-refractivity contribution is 5.81. The van der Waals surface area contributed by atoms with Gasteiger partial charge in [0.2, 0.25) is 23.6 Å². The van der Waals surface area contributed by atoms with Crippen molar-refractivity contribution < 1.29 is 42.5 Å². The van der Waals surface area contributed by atoms with E-state index < -0.39 is 0 Å². The molecular formula is C106H119FN12O8. The van der Waals surface area contributed by atoms with Gasteiger partial charge in [0.15, 0.2) is 0 Å². The Morgan fingerprint density at radius 1 is 0.323 bits per heavy atom. The number of halogens is 1. The van der Waals surface area contributed by atoms with E-state index in [2.05, 4.69) is 239 Å². The Morgan fingerprint density at radius 2 is 0.630 bits per heavy atom. The van der Waals surface area contributed by atoms with Gasteiger partial charge in [0.25, 0.3) is 0 Å². The predicted molar refractivity (Wildman–Crippen MR) is 506 cm³/mol. The second kappa shape index (κ2) is 45.4. The van der Waals surface area contributed by atoms with E-state index in [-0.39, 0.29) is 61.7 Å². The first-order valence-corrected chi connectivity index (χ1v) is 44.2. The van der Waals surface area contributed by atoms with Crippen LogP contribution in [0.25, 0.3) is 44.5 Å². The number of nitrogens with zero attached hydrogens (tertiary/aromatic N) is 8. The molecule has 4 aliphatic rings. The fourth-order valence-corrected chi connectivity index (χ4v) is 16.3. The van der Waals surface area contributed by atoms with Crippen molar-refractivity contribution >= 4 is 46.4 Å². The van der Waals surface area contributed by atoms with E-state index in [0.29, 0.717) is 55.1 Å². The first kappa shape index (κ1) is 91.9. The summed E-state index contributed by atoms with van der Waals surface area (Å²) in [7, 11) is 0. The average Bonchev–Trinajstić information content (AvgIpc) is 0.820. The number of ether oxygens (including phenoxy) is 4. The number of morpholine rings is 4. The zero-order valence-electron chi connectivity index (χ0n) is 74.8. The van der Waals surface area contributed by atoms with Crippen LogP contribution >= 0.6 is 0 Å². The number of aromatic nitrogens is 4. The minimum atomic E-state index is -0.320. The summed E-state index contributed by atoms with van der Waals surface area (Å²) < 4.78 is 35.9. The third kappa shape index (κ3) is 26.4. The van der Waals surface area contributed by atoms with Crippen LogP contribution in [0, 0.1) is 47.4 Å². The van der Waals surface area contributed by atoms with Gasteiger partial charge in [-0.05, 0) is 209 Å². The van der Waals surface area contributed by atoms with Crippen molar-refractivity contribution in [1.82, 2.24) is 41.2 Å². The summed E-state index contributed by atoms with van der Waals surface area (Å²) in [5.41, 5.74) is 27.7. The van der Waals surface area contributed by atoms with Crippen molar-refractivity contribution in [2.24, 2.45) is 0 Å². The molecule has 21 heteroatoms. The number of carbonyl (C=O) groups excluding carboxylic acids is 4. The van der Waals surface area contributed by atoms with Crippen LogP contribution in [0.5, 0.6) is 0 Å². The molecule has 0 unspecified atom stereocenters. The van der Waals surface area contributed by atoms with Crippen LogP contribution in [0.4, 0.5) is 27.1 Å². The number of anilines is 4. The molecule has 4 N–H and O–H groups in total. The van der Waals surface area contributed by atoms with Crippen molar-refractivity contribution in [3.63, 3.8) is 0 Å². The lowest BCUT2D eigenvalue weighted by Crippen LogP contribution is -2.43.